The van der Waals surface area contributed by atoms with Gasteiger partial charge < -0.3 is 18.9 Å². The summed E-state index contributed by atoms with van der Waals surface area (Å²) >= 11 is 0. The zero-order valence-corrected chi connectivity index (χ0v) is 17.1. The molecule has 2 aromatic heterocycles. The molecule has 9 heteroatoms. The lowest BCUT2D eigenvalue weighted by Crippen LogP contribution is -2.35. The second kappa shape index (κ2) is 8.04. The molecule has 154 valence electrons. The lowest BCUT2D eigenvalue weighted by molar-refractivity contribution is 0.0855. The number of halogens is 1. The Morgan fingerprint density at radius 3 is 2.86 bits per heavy atom. The summed E-state index contributed by atoms with van der Waals surface area (Å²) in [6.07, 6.45) is 5.50. The van der Waals surface area contributed by atoms with Crippen molar-refractivity contribution in [3.8, 4) is 5.75 Å². The van der Waals surface area contributed by atoms with E-state index in [1.165, 1.54) is 0 Å². The fourth-order valence-corrected chi connectivity index (χ4v) is 4.23. The minimum Gasteiger partial charge on any atom is -0.497 e. The van der Waals surface area contributed by atoms with Gasteiger partial charge in [0.25, 0.3) is 5.56 Å². The van der Waals surface area contributed by atoms with Crippen molar-refractivity contribution in [2.75, 3.05) is 31.8 Å². The monoisotopic (exact) mass is 417 g/mol. The van der Waals surface area contributed by atoms with E-state index in [1.54, 1.807) is 7.11 Å². The summed E-state index contributed by atoms with van der Waals surface area (Å²) in [4.78, 5) is 27.2. The molecular formula is C20H24ClN5O3. The molecule has 8 nitrogen and oxygen atoms in total. The van der Waals surface area contributed by atoms with Crippen LogP contribution in [0.4, 0.5) is 5.95 Å². The van der Waals surface area contributed by atoms with Crippen LogP contribution in [0.3, 0.4) is 0 Å². The molecule has 0 radical (unpaired) electrons. The fourth-order valence-electron chi connectivity index (χ4n) is 4.23. The predicted octanol–water partition coefficient (Wildman–Crippen LogP) is 2.46. The van der Waals surface area contributed by atoms with E-state index in [0.29, 0.717) is 36.6 Å². The van der Waals surface area contributed by atoms with Gasteiger partial charge in [0, 0.05) is 38.6 Å². The van der Waals surface area contributed by atoms with Gasteiger partial charge in [-0.05, 0) is 30.4 Å². The molecule has 0 unspecified atom stereocenters. The molecule has 1 N–H and O–H groups in total. The van der Waals surface area contributed by atoms with Gasteiger partial charge in [-0.3, -0.25) is 9.78 Å². The van der Waals surface area contributed by atoms with Crippen LogP contribution in [-0.4, -0.2) is 46.4 Å². The molecule has 0 bridgehead atoms. The minimum atomic E-state index is -0.0942. The molecular weight excluding hydrogens is 394 g/mol. The van der Waals surface area contributed by atoms with Crippen LogP contribution in [-0.2, 0) is 17.8 Å². The van der Waals surface area contributed by atoms with Crippen molar-refractivity contribution < 1.29 is 9.47 Å². The number of aromatic nitrogens is 4. The second-order valence-electron chi connectivity index (χ2n) is 7.39. The molecule has 0 atom stereocenters. The Hall–Kier alpha value is -2.58. The lowest BCUT2D eigenvalue weighted by Gasteiger charge is -2.29. The number of rotatable bonds is 3. The smallest absolute Gasteiger partial charge is 0.260 e. The predicted molar refractivity (Wildman–Crippen MR) is 112 cm³/mol. The number of hydrogen-bond donors (Lipinski definition) is 1. The van der Waals surface area contributed by atoms with E-state index in [2.05, 4.69) is 19.4 Å². The van der Waals surface area contributed by atoms with E-state index in [0.717, 1.165) is 42.9 Å². The van der Waals surface area contributed by atoms with Crippen molar-refractivity contribution in [3.05, 3.63) is 46.3 Å². The quantitative estimate of drug-likeness (QED) is 0.704. The number of nitrogens with one attached hydrogen (secondary N) is 1. The fraction of sp³-hybridized carbons (Fsp3) is 0.450. The number of anilines is 1. The molecule has 1 aromatic carbocycles. The molecule has 0 amide bonds. The summed E-state index contributed by atoms with van der Waals surface area (Å²) in [5.41, 5.74) is 2.71. The number of benzene rings is 1. The van der Waals surface area contributed by atoms with E-state index in [9.17, 15) is 4.79 Å². The first-order valence-corrected chi connectivity index (χ1v) is 9.66. The van der Waals surface area contributed by atoms with Crippen LogP contribution in [0.25, 0.3) is 10.9 Å². The van der Waals surface area contributed by atoms with Gasteiger partial charge >= 0.3 is 0 Å². The largest absolute Gasteiger partial charge is 0.497 e. The maximum absolute atomic E-state index is 13.1. The number of ether oxygens (including phenoxy) is 2. The molecule has 0 aliphatic carbocycles. The molecule has 0 spiro atoms. The van der Waals surface area contributed by atoms with Crippen molar-refractivity contribution >= 4 is 29.3 Å². The third-order valence-corrected chi connectivity index (χ3v) is 5.76. The van der Waals surface area contributed by atoms with Crippen molar-refractivity contribution in [2.24, 2.45) is 0 Å². The van der Waals surface area contributed by atoms with E-state index >= 15 is 0 Å². The van der Waals surface area contributed by atoms with Gasteiger partial charge in [-0.25, -0.2) is 9.97 Å². The van der Waals surface area contributed by atoms with Gasteiger partial charge in [-0.2, -0.15) is 0 Å². The maximum Gasteiger partial charge on any atom is 0.260 e. The highest BCUT2D eigenvalue weighted by Crippen LogP contribution is 2.34. The molecule has 3 aromatic rings. The van der Waals surface area contributed by atoms with Gasteiger partial charge in [-0.15, -0.1) is 12.4 Å². The Bertz CT molecular complexity index is 1070. The van der Waals surface area contributed by atoms with Crippen LogP contribution >= 0.6 is 12.4 Å². The van der Waals surface area contributed by atoms with Crippen LogP contribution in [0.5, 0.6) is 5.75 Å². The third kappa shape index (κ3) is 3.58. The van der Waals surface area contributed by atoms with Crippen LogP contribution in [0.15, 0.2) is 29.5 Å². The summed E-state index contributed by atoms with van der Waals surface area (Å²) < 4.78 is 13.1. The number of H-pyrrole nitrogens is 1. The first kappa shape index (κ1) is 19.7. The van der Waals surface area contributed by atoms with Crippen LogP contribution in [0.2, 0.25) is 0 Å². The average Bonchev–Trinajstić information content (AvgIpc) is 3.21. The highest BCUT2D eigenvalue weighted by molar-refractivity contribution is 5.85. The van der Waals surface area contributed by atoms with Gasteiger partial charge in [0.05, 0.1) is 36.6 Å². The van der Waals surface area contributed by atoms with E-state index in [1.807, 2.05) is 24.7 Å². The Morgan fingerprint density at radius 2 is 2.07 bits per heavy atom. The van der Waals surface area contributed by atoms with Crippen LogP contribution < -0.4 is 15.2 Å². The molecule has 0 saturated carbocycles. The molecule has 1 fully saturated rings. The first-order chi connectivity index (χ1) is 13.7. The summed E-state index contributed by atoms with van der Waals surface area (Å²) in [5, 5.41) is 0.665. The van der Waals surface area contributed by atoms with E-state index in [4.69, 9.17) is 14.5 Å². The first-order valence-electron chi connectivity index (χ1n) is 9.66. The summed E-state index contributed by atoms with van der Waals surface area (Å²) in [6, 6.07) is 3.83. The van der Waals surface area contributed by atoms with Crippen LogP contribution in [0, 0.1) is 0 Å². The summed E-state index contributed by atoms with van der Waals surface area (Å²) in [7, 11) is 1.65. The number of nitrogens with zero attached hydrogens (tertiary/aromatic N) is 4. The lowest BCUT2D eigenvalue weighted by atomic mass is 9.89. The Balaban J connectivity index is 0.00000205. The topological polar surface area (TPSA) is 85.3 Å². The van der Waals surface area contributed by atoms with E-state index in [-0.39, 0.29) is 23.9 Å². The molecule has 29 heavy (non-hydrogen) atoms. The van der Waals surface area contributed by atoms with Crippen LogP contribution in [0.1, 0.15) is 30.0 Å². The van der Waals surface area contributed by atoms with Crippen molar-refractivity contribution in [2.45, 2.75) is 31.8 Å². The number of fused-ring (bicyclic) bond motifs is 2. The SMILES string of the molecule is COc1cc(C2CCOCC2)c2c(=O)[nH]c(N3CCn4cncc4C3)nc2c1.Cl. The highest BCUT2D eigenvalue weighted by Gasteiger charge is 2.23. The zero-order valence-electron chi connectivity index (χ0n) is 16.3. The number of methoxy groups -OCH3 is 1. The average molecular weight is 418 g/mol. The number of aromatic amines is 1. The molecule has 2 aliphatic heterocycles. The molecule has 4 heterocycles. The molecule has 2 aliphatic rings. The normalized spacial score (nSPS) is 17.1. The van der Waals surface area contributed by atoms with Gasteiger partial charge in [0.15, 0.2) is 0 Å². The third-order valence-electron chi connectivity index (χ3n) is 5.76. The van der Waals surface area contributed by atoms with Crippen molar-refractivity contribution in [1.29, 1.82) is 0 Å². The Labute approximate surface area is 174 Å². The van der Waals surface area contributed by atoms with Crippen molar-refractivity contribution in [3.63, 3.8) is 0 Å². The van der Waals surface area contributed by atoms with Gasteiger partial charge in [0.1, 0.15) is 5.75 Å². The van der Waals surface area contributed by atoms with Crippen molar-refractivity contribution in [1.82, 2.24) is 19.5 Å². The summed E-state index contributed by atoms with van der Waals surface area (Å²) in [6.45, 7) is 3.70. The highest BCUT2D eigenvalue weighted by atomic mass is 35.5. The summed E-state index contributed by atoms with van der Waals surface area (Å²) in [5.74, 6) is 1.61. The number of hydrogen-bond acceptors (Lipinski definition) is 6. The van der Waals surface area contributed by atoms with Gasteiger partial charge in [-0.1, -0.05) is 0 Å². The Morgan fingerprint density at radius 1 is 1.24 bits per heavy atom. The second-order valence-corrected chi connectivity index (χ2v) is 7.39. The van der Waals surface area contributed by atoms with Gasteiger partial charge in [0.2, 0.25) is 5.95 Å². The van der Waals surface area contributed by atoms with E-state index < -0.39 is 0 Å². The maximum atomic E-state index is 13.1. The molecule has 1 saturated heterocycles. The zero-order chi connectivity index (χ0) is 19.1. The molecule has 5 rings (SSSR count). The standard InChI is InChI=1S/C20H23N5O3.ClH/c1-27-15-8-16(13-2-6-28-7-3-13)18-17(9-15)22-20(23-19(18)26)24-4-5-25-12-21-10-14(25)11-24;/h8-10,12-13H,2-7,11H2,1H3,(H,22,23,26);1H. The Kier molecular flexibility index (Phi) is 5.47. The minimum absolute atomic E-state index is 0. The number of imidazole rings is 1.